The third-order valence-electron chi connectivity index (χ3n) is 1.41. The molecule has 0 aromatic carbocycles. The van der Waals surface area contributed by atoms with Gasteiger partial charge in [0.15, 0.2) is 10.9 Å². The second kappa shape index (κ2) is 4.63. The molecular weight excluding hydrogens is 184 g/mol. The van der Waals surface area contributed by atoms with E-state index < -0.39 is 0 Å². The Morgan fingerprint density at radius 1 is 1.77 bits per heavy atom. The molecule has 1 rings (SSSR count). The number of carbonyl (C=O) groups is 1. The minimum Gasteiger partial charge on any atom is -0.375 e. The number of Topliss-reactive ketones (excluding diaryl/α,β-unsaturated/α-hetero) is 1. The molecule has 0 aliphatic rings. The summed E-state index contributed by atoms with van der Waals surface area (Å²) in [6.07, 6.45) is 0.635. The summed E-state index contributed by atoms with van der Waals surface area (Å²) in [5, 5.41) is 2.30. The number of aromatic nitrogens is 1. The molecule has 1 aromatic rings. The van der Waals surface area contributed by atoms with Crippen LogP contribution in [0.4, 0.5) is 5.13 Å². The number of thiazole rings is 1. The van der Waals surface area contributed by atoms with E-state index in [2.05, 4.69) is 16.8 Å². The van der Waals surface area contributed by atoms with Crippen LogP contribution in [-0.2, 0) is 11.2 Å². The molecule has 0 unspecified atom stereocenters. The molecule has 3 nitrogen and oxygen atoms in total. The highest BCUT2D eigenvalue weighted by Gasteiger charge is 2.04. The molecule has 0 aliphatic carbocycles. The van der Waals surface area contributed by atoms with E-state index in [0.717, 1.165) is 5.69 Å². The van der Waals surface area contributed by atoms with Crippen LogP contribution in [0.1, 0.15) is 19.0 Å². The van der Waals surface area contributed by atoms with Gasteiger partial charge in [0.1, 0.15) is 0 Å². The summed E-state index contributed by atoms with van der Waals surface area (Å²) < 4.78 is 0. The summed E-state index contributed by atoms with van der Waals surface area (Å²) in [6.45, 7) is 1.72. The minimum atomic E-state index is 0.0830. The molecule has 0 aliphatic heterocycles. The lowest BCUT2D eigenvalue weighted by Gasteiger charge is -1.90. The molecule has 0 saturated carbocycles. The average Bonchev–Trinajstić information content (AvgIpc) is 2.48. The molecular formula is C9H10N2OS. The van der Waals surface area contributed by atoms with Crippen molar-refractivity contribution in [1.82, 2.24) is 4.98 Å². The van der Waals surface area contributed by atoms with Crippen molar-refractivity contribution in [3.63, 3.8) is 0 Å². The Morgan fingerprint density at radius 2 is 2.54 bits per heavy atom. The molecule has 13 heavy (non-hydrogen) atoms. The maximum absolute atomic E-state index is 11.2. The highest BCUT2D eigenvalue weighted by Crippen LogP contribution is 2.11. The van der Waals surface area contributed by atoms with Gasteiger partial charge in [0, 0.05) is 5.38 Å². The third-order valence-corrected chi connectivity index (χ3v) is 2.13. The van der Waals surface area contributed by atoms with E-state index in [4.69, 9.17) is 5.73 Å². The first kappa shape index (κ1) is 9.75. The fourth-order valence-electron chi connectivity index (χ4n) is 0.855. The van der Waals surface area contributed by atoms with Gasteiger partial charge in [0.05, 0.1) is 18.5 Å². The summed E-state index contributed by atoms with van der Waals surface area (Å²) in [5.41, 5.74) is 6.16. The SMILES string of the molecule is CC#CCC(=O)Cc1csc(N)n1. The lowest BCUT2D eigenvalue weighted by atomic mass is 10.2. The zero-order valence-electron chi connectivity index (χ0n) is 7.33. The topological polar surface area (TPSA) is 56.0 Å². The van der Waals surface area contributed by atoms with Crippen molar-refractivity contribution in [1.29, 1.82) is 0 Å². The first-order chi connectivity index (χ1) is 6.22. The van der Waals surface area contributed by atoms with E-state index in [1.54, 1.807) is 12.3 Å². The lowest BCUT2D eigenvalue weighted by Crippen LogP contribution is -2.01. The second-order valence-electron chi connectivity index (χ2n) is 2.50. The Kier molecular flexibility index (Phi) is 3.47. The fraction of sp³-hybridized carbons (Fsp3) is 0.333. The number of rotatable bonds is 3. The van der Waals surface area contributed by atoms with Gasteiger partial charge < -0.3 is 5.73 Å². The van der Waals surface area contributed by atoms with Gasteiger partial charge in [-0.25, -0.2) is 4.98 Å². The van der Waals surface area contributed by atoms with E-state index in [1.807, 2.05) is 0 Å². The zero-order valence-corrected chi connectivity index (χ0v) is 8.15. The number of hydrogen-bond donors (Lipinski definition) is 1. The fourth-order valence-corrected chi connectivity index (χ4v) is 1.42. The number of anilines is 1. The largest absolute Gasteiger partial charge is 0.375 e. The maximum Gasteiger partial charge on any atom is 0.180 e. The van der Waals surface area contributed by atoms with E-state index in [9.17, 15) is 4.79 Å². The standard InChI is InChI=1S/C9H10N2OS/c1-2-3-4-8(12)5-7-6-13-9(10)11-7/h6H,4-5H2,1H3,(H2,10,11). The number of nitrogens with two attached hydrogens (primary N) is 1. The van der Waals surface area contributed by atoms with Crippen LogP contribution in [-0.4, -0.2) is 10.8 Å². The smallest absolute Gasteiger partial charge is 0.180 e. The monoisotopic (exact) mass is 194 g/mol. The van der Waals surface area contributed by atoms with Crippen LogP contribution in [0.25, 0.3) is 0 Å². The van der Waals surface area contributed by atoms with E-state index in [-0.39, 0.29) is 5.78 Å². The molecule has 0 saturated heterocycles. The van der Waals surface area contributed by atoms with Gasteiger partial charge in [0.25, 0.3) is 0 Å². The molecule has 0 spiro atoms. The van der Waals surface area contributed by atoms with Crippen molar-refractivity contribution in [2.75, 3.05) is 5.73 Å². The van der Waals surface area contributed by atoms with Crippen LogP contribution in [0.5, 0.6) is 0 Å². The summed E-state index contributed by atoms with van der Waals surface area (Å²) in [4.78, 5) is 15.2. The van der Waals surface area contributed by atoms with Gasteiger partial charge in [-0.15, -0.1) is 17.3 Å². The number of hydrogen-bond acceptors (Lipinski definition) is 4. The molecule has 0 radical (unpaired) electrons. The van der Waals surface area contributed by atoms with Gasteiger partial charge in [-0.05, 0) is 6.92 Å². The normalized spacial score (nSPS) is 9.00. The molecule has 4 heteroatoms. The highest BCUT2D eigenvalue weighted by atomic mass is 32.1. The number of carbonyl (C=O) groups excluding carboxylic acids is 1. The molecule has 2 N–H and O–H groups in total. The number of nitrogens with zero attached hydrogens (tertiary/aromatic N) is 1. The summed E-state index contributed by atoms with van der Waals surface area (Å²) in [6, 6.07) is 0. The van der Waals surface area contributed by atoms with Gasteiger partial charge in [-0.1, -0.05) is 5.92 Å². The van der Waals surface area contributed by atoms with Crippen LogP contribution in [0, 0.1) is 11.8 Å². The van der Waals surface area contributed by atoms with Crippen molar-refractivity contribution >= 4 is 22.3 Å². The van der Waals surface area contributed by atoms with Crippen molar-refractivity contribution in [2.24, 2.45) is 0 Å². The molecule has 0 atom stereocenters. The Bertz CT molecular complexity index is 359. The number of nitrogen functional groups attached to an aromatic ring is 1. The van der Waals surface area contributed by atoms with Gasteiger partial charge in [-0.2, -0.15) is 0 Å². The quantitative estimate of drug-likeness (QED) is 0.737. The third kappa shape index (κ3) is 3.26. The molecule has 1 aromatic heterocycles. The Hall–Kier alpha value is -1.34. The first-order valence-corrected chi connectivity index (χ1v) is 4.71. The minimum absolute atomic E-state index is 0.0830. The summed E-state index contributed by atoms with van der Waals surface area (Å²) >= 11 is 1.35. The Labute approximate surface area is 81.0 Å². The van der Waals surface area contributed by atoms with Crippen molar-refractivity contribution < 1.29 is 4.79 Å². The zero-order chi connectivity index (χ0) is 9.68. The summed E-state index contributed by atoms with van der Waals surface area (Å²) in [5.74, 6) is 5.48. The highest BCUT2D eigenvalue weighted by molar-refractivity contribution is 7.13. The Balaban J connectivity index is 2.48. The first-order valence-electron chi connectivity index (χ1n) is 3.83. The van der Waals surface area contributed by atoms with Crippen LogP contribution in [0.3, 0.4) is 0 Å². The van der Waals surface area contributed by atoms with Crippen LogP contribution in [0.2, 0.25) is 0 Å². The number of ketones is 1. The van der Waals surface area contributed by atoms with E-state index in [1.165, 1.54) is 11.3 Å². The second-order valence-corrected chi connectivity index (χ2v) is 3.39. The van der Waals surface area contributed by atoms with Gasteiger partial charge in [0.2, 0.25) is 0 Å². The predicted molar refractivity (Wildman–Crippen MR) is 53.3 cm³/mol. The van der Waals surface area contributed by atoms with Crippen LogP contribution < -0.4 is 5.73 Å². The molecule has 0 amide bonds. The van der Waals surface area contributed by atoms with Crippen LogP contribution in [0.15, 0.2) is 5.38 Å². The van der Waals surface area contributed by atoms with Crippen molar-refractivity contribution in [3.8, 4) is 11.8 Å². The molecule has 0 fully saturated rings. The maximum atomic E-state index is 11.2. The van der Waals surface area contributed by atoms with Crippen molar-refractivity contribution in [2.45, 2.75) is 19.8 Å². The van der Waals surface area contributed by atoms with E-state index >= 15 is 0 Å². The Morgan fingerprint density at radius 3 is 3.08 bits per heavy atom. The van der Waals surface area contributed by atoms with Crippen molar-refractivity contribution in [3.05, 3.63) is 11.1 Å². The molecule has 0 bridgehead atoms. The molecule has 1 heterocycles. The van der Waals surface area contributed by atoms with Crippen LogP contribution >= 0.6 is 11.3 Å². The van der Waals surface area contributed by atoms with Gasteiger partial charge in [-0.3, -0.25) is 4.79 Å². The predicted octanol–water partition coefficient (Wildman–Crippen LogP) is 1.25. The van der Waals surface area contributed by atoms with E-state index in [0.29, 0.717) is 18.0 Å². The lowest BCUT2D eigenvalue weighted by molar-refractivity contribution is -0.117. The average molecular weight is 194 g/mol. The van der Waals surface area contributed by atoms with Gasteiger partial charge >= 0.3 is 0 Å². The molecule has 68 valence electrons. The summed E-state index contributed by atoms with van der Waals surface area (Å²) in [7, 11) is 0.